The fourth-order valence-corrected chi connectivity index (χ4v) is 5.17. The lowest BCUT2D eigenvalue weighted by atomic mass is 10.1. The Morgan fingerprint density at radius 1 is 0.846 bits per heavy atom. The van der Waals surface area contributed by atoms with E-state index in [0.29, 0.717) is 11.3 Å². The molecule has 2 aromatic carbocycles. The van der Waals surface area contributed by atoms with E-state index >= 15 is 0 Å². The molecule has 0 saturated heterocycles. The molecule has 0 aliphatic rings. The Balaban J connectivity index is 2.23. The normalized spacial score (nSPS) is 12.2. The van der Waals surface area contributed by atoms with E-state index in [2.05, 4.69) is 4.72 Å². The van der Waals surface area contributed by atoms with Crippen molar-refractivity contribution in [1.29, 1.82) is 0 Å². The first-order valence-corrected chi connectivity index (χ1v) is 11.5. The maximum atomic E-state index is 12.5. The van der Waals surface area contributed by atoms with Crippen LogP contribution in [0.4, 0.5) is 5.69 Å². The van der Waals surface area contributed by atoms with Crippen molar-refractivity contribution in [2.75, 3.05) is 23.7 Å². The predicted octanol–water partition coefficient (Wildman–Crippen LogP) is 2.36. The third-order valence-corrected chi connectivity index (χ3v) is 6.87. The first-order valence-electron chi connectivity index (χ1n) is 8.13. The first-order chi connectivity index (χ1) is 12.0. The molecule has 0 spiro atoms. The highest BCUT2D eigenvalue weighted by Gasteiger charge is 2.22. The molecule has 0 radical (unpaired) electrons. The Hall–Kier alpha value is -1.90. The molecule has 2 aromatic rings. The number of hydrogen-bond donors (Lipinski definition) is 1. The monoisotopic (exact) mass is 396 g/mol. The van der Waals surface area contributed by atoms with Gasteiger partial charge in [-0.2, -0.15) is 0 Å². The van der Waals surface area contributed by atoms with Gasteiger partial charge in [0.05, 0.1) is 16.8 Å². The van der Waals surface area contributed by atoms with E-state index in [9.17, 15) is 16.8 Å². The molecular weight excluding hydrogens is 372 g/mol. The van der Waals surface area contributed by atoms with Crippen molar-refractivity contribution < 1.29 is 16.8 Å². The van der Waals surface area contributed by atoms with Crippen molar-refractivity contribution in [3.8, 4) is 0 Å². The topological polar surface area (TPSA) is 83.6 Å². The van der Waals surface area contributed by atoms with Crippen LogP contribution in [0.15, 0.2) is 47.4 Å². The summed E-state index contributed by atoms with van der Waals surface area (Å²) in [6.07, 6.45) is 1.12. The lowest BCUT2D eigenvalue weighted by molar-refractivity contribution is 0.577. The molecule has 0 heterocycles. The average Bonchev–Trinajstić information content (AvgIpc) is 2.52. The fraction of sp³-hybridized carbons (Fsp3) is 0.333. The minimum absolute atomic E-state index is 0.00956. The molecule has 1 N–H and O–H groups in total. The second kappa shape index (κ2) is 7.77. The quantitative estimate of drug-likeness (QED) is 0.779. The highest BCUT2D eigenvalue weighted by Crippen LogP contribution is 2.26. The van der Waals surface area contributed by atoms with Crippen LogP contribution in [-0.2, 0) is 20.0 Å². The van der Waals surface area contributed by atoms with Crippen LogP contribution in [0.25, 0.3) is 0 Å². The number of nitrogens with zero attached hydrogens (tertiary/aromatic N) is 1. The number of nitrogens with one attached hydrogen (secondary N) is 1. The molecule has 0 bridgehead atoms. The summed E-state index contributed by atoms with van der Waals surface area (Å²) in [6.45, 7) is 5.36. The Bertz CT molecular complexity index is 979. The molecule has 0 fully saturated rings. The van der Waals surface area contributed by atoms with E-state index < -0.39 is 20.0 Å². The summed E-state index contributed by atoms with van der Waals surface area (Å²) >= 11 is 0. The molecule has 0 aliphatic carbocycles. The maximum absolute atomic E-state index is 12.5. The summed E-state index contributed by atoms with van der Waals surface area (Å²) in [5, 5.41) is 0. The lowest BCUT2D eigenvalue weighted by Crippen LogP contribution is -2.39. The van der Waals surface area contributed by atoms with Gasteiger partial charge in [-0.05, 0) is 43.5 Å². The second-order valence-electron chi connectivity index (χ2n) is 6.24. The van der Waals surface area contributed by atoms with Crippen molar-refractivity contribution in [2.24, 2.45) is 0 Å². The third-order valence-electron chi connectivity index (χ3n) is 4.08. The van der Waals surface area contributed by atoms with Gasteiger partial charge in [0, 0.05) is 13.1 Å². The SMILES string of the molecule is Cc1ccccc1S(=O)(=O)NCCN(c1c(C)cccc1C)S(C)(=O)=O. The molecule has 26 heavy (non-hydrogen) atoms. The Kier molecular flexibility index (Phi) is 6.10. The highest BCUT2D eigenvalue weighted by atomic mass is 32.2. The van der Waals surface area contributed by atoms with Gasteiger partial charge in [0.1, 0.15) is 0 Å². The Morgan fingerprint density at radius 2 is 1.38 bits per heavy atom. The van der Waals surface area contributed by atoms with Gasteiger partial charge < -0.3 is 0 Å². The van der Waals surface area contributed by atoms with Crippen molar-refractivity contribution in [1.82, 2.24) is 4.72 Å². The summed E-state index contributed by atoms with van der Waals surface area (Å²) in [4.78, 5) is 0.193. The number of rotatable bonds is 7. The zero-order valence-electron chi connectivity index (χ0n) is 15.4. The fourth-order valence-electron chi connectivity index (χ4n) is 2.86. The van der Waals surface area contributed by atoms with Crippen LogP contribution < -0.4 is 9.03 Å². The van der Waals surface area contributed by atoms with Gasteiger partial charge in [-0.25, -0.2) is 21.6 Å². The second-order valence-corrected chi connectivity index (χ2v) is 9.88. The van der Waals surface area contributed by atoms with Gasteiger partial charge in [-0.3, -0.25) is 4.31 Å². The zero-order chi connectivity index (χ0) is 19.5. The van der Waals surface area contributed by atoms with Gasteiger partial charge in [-0.15, -0.1) is 0 Å². The van der Waals surface area contributed by atoms with E-state index in [4.69, 9.17) is 0 Å². The van der Waals surface area contributed by atoms with Gasteiger partial charge in [0.2, 0.25) is 20.0 Å². The molecule has 6 nitrogen and oxygen atoms in total. The summed E-state index contributed by atoms with van der Waals surface area (Å²) in [5.41, 5.74) is 2.86. The molecule has 0 aliphatic heterocycles. The van der Waals surface area contributed by atoms with E-state index in [1.807, 2.05) is 32.0 Å². The van der Waals surface area contributed by atoms with E-state index in [1.54, 1.807) is 25.1 Å². The lowest BCUT2D eigenvalue weighted by Gasteiger charge is -2.26. The van der Waals surface area contributed by atoms with Crippen LogP contribution >= 0.6 is 0 Å². The highest BCUT2D eigenvalue weighted by molar-refractivity contribution is 7.92. The summed E-state index contributed by atoms with van der Waals surface area (Å²) < 4.78 is 53.2. The molecule has 0 aromatic heterocycles. The van der Waals surface area contributed by atoms with E-state index in [-0.39, 0.29) is 18.0 Å². The molecule has 0 amide bonds. The van der Waals surface area contributed by atoms with Gasteiger partial charge in [-0.1, -0.05) is 36.4 Å². The van der Waals surface area contributed by atoms with Crippen LogP contribution in [0.3, 0.4) is 0 Å². The van der Waals surface area contributed by atoms with Crippen molar-refractivity contribution in [3.63, 3.8) is 0 Å². The number of para-hydroxylation sites is 1. The van der Waals surface area contributed by atoms with E-state index in [0.717, 1.165) is 17.4 Å². The van der Waals surface area contributed by atoms with Gasteiger partial charge in [0.25, 0.3) is 0 Å². The molecular formula is C18H24N2O4S2. The van der Waals surface area contributed by atoms with Crippen molar-refractivity contribution >= 4 is 25.7 Å². The van der Waals surface area contributed by atoms with Crippen LogP contribution in [0.2, 0.25) is 0 Å². The molecule has 0 saturated carbocycles. The maximum Gasteiger partial charge on any atom is 0.240 e. The van der Waals surface area contributed by atoms with E-state index in [1.165, 1.54) is 10.4 Å². The third kappa shape index (κ3) is 4.63. The summed E-state index contributed by atoms with van der Waals surface area (Å²) in [7, 11) is -7.26. The standard InChI is InChI=1S/C18H24N2O4S2/c1-14-8-5-6-11-17(14)26(23,24)19-12-13-20(25(4,21)22)18-15(2)9-7-10-16(18)3/h5-11,19H,12-13H2,1-4H3. The molecule has 0 unspecified atom stereocenters. The first kappa shape index (κ1) is 20.4. The number of hydrogen-bond acceptors (Lipinski definition) is 4. The van der Waals surface area contributed by atoms with Crippen LogP contribution in [0.5, 0.6) is 0 Å². The number of sulfonamides is 2. The smallest absolute Gasteiger partial charge is 0.240 e. The Labute approximate surface area is 156 Å². The Morgan fingerprint density at radius 3 is 1.92 bits per heavy atom. The largest absolute Gasteiger partial charge is 0.269 e. The number of benzene rings is 2. The van der Waals surface area contributed by atoms with Gasteiger partial charge in [0.15, 0.2) is 0 Å². The van der Waals surface area contributed by atoms with Gasteiger partial charge >= 0.3 is 0 Å². The van der Waals surface area contributed by atoms with Crippen molar-refractivity contribution in [2.45, 2.75) is 25.7 Å². The zero-order valence-corrected chi connectivity index (χ0v) is 17.0. The molecule has 2 rings (SSSR count). The minimum atomic E-state index is -3.71. The number of aryl methyl sites for hydroxylation is 3. The molecule has 0 atom stereocenters. The van der Waals surface area contributed by atoms with Crippen LogP contribution in [0.1, 0.15) is 16.7 Å². The molecule has 142 valence electrons. The van der Waals surface area contributed by atoms with Crippen LogP contribution in [-0.4, -0.2) is 36.2 Å². The summed E-state index contributed by atoms with van der Waals surface area (Å²) in [6, 6.07) is 12.2. The van der Waals surface area contributed by atoms with Crippen LogP contribution in [0, 0.1) is 20.8 Å². The average molecular weight is 397 g/mol. The number of anilines is 1. The molecule has 8 heteroatoms. The van der Waals surface area contributed by atoms with Crippen molar-refractivity contribution in [3.05, 3.63) is 59.2 Å². The minimum Gasteiger partial charge on any atom is -0.269 e. The predicted molar refractivity (Wildman–Crippen MR) is 104 cm³/mol. The summed E-state index contributed by atoms with van der Waals surface area (Å²) in [5.74, 6) is 0.